The lowest BCUT2D eigenvalue weighted by atomic mass is 10.1. The molecule has 1 atom stereocenters. The van der Waals surface area contributed by atoms with Crippen LogP contribution in [0.1, 0.15) is 36.7 Å². The Hall–Kier alpha value is -3.48. The van der Waals surface area contributed by atoms with Crippen LogP contribution >= 0.6 is 0 Å². The summed E-state index contributed by atoms with van der Waals surface area (Å²) in [6.07, 6.45) is 0.181. The minimum absolute atomic E-state index is 0.137. The highest BCUT2D eigenvalue weighted by Crippen LogP contribution is 2.17. The minimum atomic E-state index is -1.15. The first-order valence-electron chi connectivity index (χ1n) is 8.47. The highest BCUT2D eigenvalue weighted by atomic mass is 16.4. The normalized spacial score (nSPS) is 12.1. The predicted octanol–water partition coefficient (Wildman–Crippen LogP) is 2.39. The van der Waals surface area contributed by atoms with Crippen molar-refractivity contribution in [2.45, 2.75) is 26.3 Å². The fourth-order valence-corrected chi connectivity index (χ4v) is 3.12. The van der Waals surface area contributed by atoms with E-state index < -0.39 is 23.3 Å². The van der Waals surface area contributed by atoms with Gasteiger partial charge in [0.05, 0.1) is 16.6 Å². The van der Waals surface area contributed by atoms with Crippen LogP contribution in [0.5, 0.6) is 0 Å². The molecule has 0 radical (unpaired) electrons. The van der Waals surface area contributed by atoms with E-state index in [1.54, 1.807) is 31.2 Å². The summed E-state index contributed by atoms with van der Waals surface area (Å²) in [5, 5.41) is 9.80. The van der Waals surface area contributed by atoms with Crippen molar-refractivity contribution in [1.29, 1.82) is 0 Å². The van der Waals surface area contributed by atoms with Crippen LogP contribution in [0.15, 0.2) is 58.1 Å². The average Bonchev–Trinajstić information content (AvgIpc) is 2.65. The molecule has 7 heteroatoms. The van der Waals surface area contributed by atoms with Gasteiger partial charge in [-0.3, -0.25) is 14.2 Å². The molecule has 0 bridgehead atoms. The van der Waals surface area contributed by atoms with Crippen LogP contribution in [-0.4, -0.2) is 26.0 Å². The van der Waals surface area contributed by atoms with Crippen molar-refractivity contribution < 1.29 is 14.7 Å². The van der Waals surface area contributed by atoms with Crippen molar-refractivity contribution in [3.05, 3.63) is 74.9 Å². The van der Waals surface area contributed by atoms with E-state index in [0.29, 0.717) is 5.56 Å². The third kappa shape index (κ3) is 3.08. The van der Waals surface area contributed by atoms with Gasteiger partial charge >= 0.3 is 11.7 Å². The number of aromatic nitrogens is 2. The summed E-state index contributed by atoms with van der Waals surface area (Å²) in [6, 6.07) is 11.4. The first kappa shape index (κ1) is 18.3. The molecule has 3 aromatic rings. The van der Waals surface area contributed by atoms with Crippen LogP contribution in [0, 0.1) is 0 Å². The zero-order valence-corrected chi connectivity index (χ0v) is 14.9. The zero-order chi connectivity index (χ0) is 19.7. The molecular formula is C20H18N2O5. The quantitative estimate of drug-likeness (QED) is 0.699. The molecule has 0 amide bonds. The van der Waals surface area contributed by atoms with Crippen LogP contribution in [0.2, 0.25) is 0 Å². The van der Waals surface area contributed by atoms with E-state index in [2.05, 4.69) is 0 Å². The fourth-order valence-electron chi connectivity index (χ4n) is 3.12. The highest BCUT2D eigenvalue weighted by Gasteiger charge is 2.24. The SMILES string of the molecule is CCC(C(=O)O)n1c(=O)n(-c2ccc(C(C)=O)cc2)c(=O)c2ccccc21. The van der Waals surface area contributed by atoms with Gasteiger partial charge in [-0.2, -0.15) is 0 Å². The van der Waals surface area contributed by atoms with Crippen LogP contribution in [0.3, 0.4) is 0 Å². The third-order valence-corrected chi connectivity index (χ3v) is 4.51. The van der Waals surface area contributed by atoms with Crippen LogP contribution in [0.25, 0.3) is 16.6 Å². The summed E-state index contributed by atoms with van der Waals surface area (Å²) < 4.78 is 2.08. The predicted molar refractivity (Wildman–Crippen MR) is 101 cm³/mol. The summed E-state index contributed by atoms with van der Waals surface area (Å²) in [5.41, 5.74) is -0.274. The summed E-state index contributed by atoms with van der Waals surface area (Å²) in [7, 11) is 0. The molecule has 1 unspecified atom stereocenters. The molecule has 138 valence electrons. The minimum Gasteiger partial charge on any atom is -0.480 e. The Labute approximate surface area is 154 Å². The molecule has 0 aliphatic rings. The second-order valence-electron chi connectivity index (χ2n) is 6.18. The molecule has 0 fully saturated rings. The summed E-state index contributed by atoms with van der Waals surface area (Å²) in [6.45, 7) is 3.08. The first-order chi connectivity index (χ1) is 12.9. The number of para-hydroxylation sites is 1. The van der Waals surface area contributed by atoms with Gasteiger partial charge in [-0.15, -0.1) is 0 Å². The van der Waals surface area contributed by atoms with Crippen LogP contribution in [-0.2, 0) is 4.79 Å². The number of benzene rings is 2. The lowest BCUT2D eigenvalue weighted by Gasteiger charge is -2.19. The van der Waals surface area contributed by atoms with Gasteiger partial charge in [-0.05, 0) is 49.7 Å². The van der Waals surface area contributed by atoms with Crippen molar-refractivity contribution in [2.75, 3.05) is 0 Å². The highest BCUT2D eigenvalue weighted by molar-refractivity contribution is 5.94. The Morgan fingerprint density at radius 2 is 1.67 bits per heavy atom. The molecule has 0 aliphatic carbocycles. The lowest BCUT2D eigenvalue weighted by Crippen LogP contribution is -2.42. The number of carboxylic acid groups (broad SMARTS) is 1. The standard InChI is InChI=1S/C20H18N2O5/c1-3-16(19(25)26)22-17-7-5-4-6-15(17)18(24)21(20(22)27)14-10-8-13(9-11-14)12(2)23/h4-11,16H,3H2,1-2H3,(H,25,26). The molecule has 1 heterocycles. The van der Waals surface area contributed by atoms with E-state index in [0.717, 1.165) is 9.13 Å². The van der Waals surface area contributed by atoms with E-state index in [1.165, 1.54) is 31.2 Å². The molecule has 2 aromatic carbocycles. The second kappa shape index (κ2) is 7.03. The van der Waals surface area contributed by atoms with E-state index in [1.807, 2.05) is 0 Å². The lowest BCUT2D eigenvalue weighted by molar-refractivity contribution is -0.141. The first-order valence-corrected chi connectivity index (χ1v) is 8.47. The Morgan fingerprint density at radius 1 is 1.04 bits per heavy atom. The van der Waals surface area contributed by atoms with E-state index in [9.17, 15) is 24.3 Å². The molecule has 1 aromatic heterocycles. The maximum absolute atomic E-state index is 13.1. The van der Waals surface area contributed by atoms with Gasteiger partial charge in [0.1, 0.15) is 6.04 Å². The van der Waals surface area contributed by atoms with Gasteiger partial charge < -0.3 is 5.11 Å². The Kier molecular flexibility index (Phi) is 4.77. The van der Waals surface area contributed by atoms with Crippen LogP contribution in [0.4, 0.5) is 0 Å². The molecule has 7 nitrogen and oxygen atoms in total. The Balaban J connectivity index is 2.40. The molecule has 1 N–H and O–H groups in total. The molecule has 27 heavy (non-hydrogen) atoms. The van der Waals surface area contributed by atoms with Crippen molar-refractivity contribution >= 4 is 22.7 Å². The molecule has 0 saturated heterocycles. The number of Topliss-reactive ketones (excluding diaryl/α,β-unsaturated/α-hetero) is 1. The Morgan fingerprint density at radius 3 is 2.22 bits per heavy atom. The largest absolute Gasteiger partial charge is 0.480 e. The van der Waals surface area contributed by atoms with Crippen molar-refractivity contribution in [1.82, 2.24) is 9.13 Å². The molecule has 0 aliphatic heterocycles. The number of ketones is 1. The zero-order valence-electron chi connectivity index (χ0n) is 14.9. The number of fused-ring (bicyclic) bond motifs is 1. The number of carboxylic acids is 1. The van der Waals surface area contributed by atoms with Crippen molar-refractivity contribution in [3.63, 3.8) is 0 Å². The third-order valence-electron chi connectivity index (χ3n) is 4.51. The number of carbonyl (C=O) groups excluding carboxylic acids is 1. The summed E-state index contributed by atoms with van der Waals surface area (Å²) in [4.78, 5) is 49.2. The second-order valence-corrected chi connectivity index (χ2v) is 6.18. The van der Waals surface area contributed by atoms with Gasteiger partial charge in [-0.25, -0.2) is 14.2 Å². The topological polar surface area (TPSA) is 98.4 Å². The number of hydrogen-bond donors (Lipinski definition) is 1. The Bertz CT molecular complexity index is 1160. The summed E-state index contributed by atoms with van der Waals surface area (Å²) >= 11 is 0. The van der Waals surface area contributed by atoms with Gasteiger partial charge in [0.25, 0.3) is 5.56 Å². The van der Waals surface area contributed by atoms with Crippen molar-refractivity contribution in [2.24, 2.45) is 0 Å². The maximum atomic E-state index is 13.1. The number of rotatable bonds is 5. The van der Waals surface area contributed by atoms with Crippen molar-refractivity contribution in [3.8, 4) is 5.69 Å². The van der Waals surface area contributed by atoms with Gasteiger partial charge in [0.15, 0.2) is 5.78 Å². The molecular weight excluding hydrogens is 348 g/mol. The monoisotopic (exact) mass is 366 g/mol. The molecule has 0 saturated carbocycles. The van der Waals surface area contributed by atoms with Crippen LogP contribution < -0.4 is 11.2 Å². The fraction of sp³-hybridized carbons (Fsp3) is 0.200. The summed E-state index contributed by atoms with van der Waals surface area (Å²) in [5.74, 6) is -1.29. The maximum Gasteiger partial charge on any atom is 0.336 e. The van der Waals surface area contributed by atoms with Gasteiger partial charge in [0, 0.05) is 5.56 Å². The number of aliphatic carboxylic acids is 1. The number of hydrogen-bond acceptors (Lipinski definition) is 4. The van der Waals surface area contributed by atoms with Gasteiger partial charge in [-0.1, -0.05) is 19.1 Å². The van der Waals surface area contributed by atoms with E-state index in [4.69, 9.17) is 0 Å². The van der Waals surface area contributed by atoms with E-state index in [-0.39, 0.29) is 28.8 Å². The van der Waals surface area contributed by atoms with E-state index >= 15 is 0 Å². The molecule has 0 spiro atoms. The van der Waals surface area contributed by atoms with Gasteiger partial charge in [0.2, 0.25) is 0 Å². The number of nitrogens with zero attached hydrogens (tertiary/aromatic N) is 2. The average molecular weight is 366 g/mol. The smallest absolute Gasteiger partial charge is 0.336 e. The number of carbonyl (C=O) groups is 2. The molecule has 3 rings (SSSR count).